The van der Waals surface area contributed by atoms with E-state index in [-0.39, 0.29) is 41.6 Å². The zero-order valence-electron chi connectivity index (χ0n) is 26.9. The van der Waals surface area contributed by atoms with Gasteiger partial charge in [-0.3, -0.25) is 14.2 Å². The predicted molar refractivity (Wildman–Crippen MR) is 179 cm³/mol. The van der Waals surface area contributed by atoms with Crippen molar-refractivity contribution in [1.29, 1.82) is 0 Å². The van der Waals surface area contributed by atoms with Crippen LogP contribution in [0.5, 0.6) is 0 Å². The second kappa shape index (κ2) is 15.8. The summed E-state index contributed by atoms with van der Waals surface area (Å²) in [5.74, 6) is 1.12. The second-order valence-electron chi connectivity index (χ2n) is 12.8. The Morgan fingerprint density at radius 2 is 1.45 bits per heavy atom. The van der Waals surface area contributed by atoms with Crippen LogP contribution < -0.4 is 20.9 Å². The number of amides is 2. The molecule has 2 aromatic heterocycles. The van der Waals surface area contributed by atoms with Gasteiger partial charge in [0.05, 0.1) is 51.9 Å². The summed E-state index contributed by atoms with van der Waals surface area (Å²) >= 11 is 12.4. The van der Waals surface area contributed by atoms with Gasteiger partial charge < -0.3 is 30.3 Å². The molecule has 6 heterocycles. The number of nitrogens with zero attached hydrogens (tertiary/aromatic N) is 4. The molecule has 4 aliphatic rings. The summed E-state index contributed by atoms with van der Waals surface area (Å²) in [5, 5.41) is 9.99. The van der Waals surface area contributed by atoms with Crippen molar-refractivity contribution in [2.75, 3.05) is 57.5 Å². The molecular formula is C33H40Cl2F3N7O4. The van der Waals surface area contributed by atoms with Gasteiger partial charge in [-0.1, -0.05) is 23.2 Å². The summed E-state index contributed by atoms with van der Waals surface area (Å²) in [7, 11) is 0. The minimum absolute atomic E-state index is 0.0247. The number of fused-ring (bicyclic) bond motifs is 1. The molecule has 4 aliphatic heterocycles. The molecule has 7 rings (SSSR count). The van der Waals surface area contributed by atoms with E-state index in [1.165, 1.54) is 6.07 Å². The summed E-state index contributed by atoms with van der Waals surface area (Å²) in [6.07, 6.45) is 1.27. The maximum Gasteiger partial charge on any atom is 0.417 e. The number of rotatable bonds is 6. The molecule has 1 unspecified atom stereocenters. The van der Waals surface area contributed by atoms with Crippen molar-refractivity contribution in [2.24, 2.45) is 11.8 Å². The van der Waals surface area contributed by atoms with Crippen LogP contribution in [0.1, 0.15) is 44.1 Å². The van der Waals surface area contributed by atoms with Gasteiger partial charge >= 0.3 is 6.18 Å². The van der Waals surface area contributed by atoms with Crippen LogP contribution in [0.2, 0.25) is 10.0 Å². The molecule has 11 nitrogen and oxygen atoms in total. The molecule has 49 heavy (non-hydrogen) atoms. The second-order valence-corrected chi connectivity index (χ2v) is 13.6. The lowest BCUT2D eigenvalue weighted by molar-refractivity contribution is -0.137. The van der Waals surface area contributed by atoms with E-state index >= 15 is 0 Å². The normalized spacial score (nSPS) is 22.2. The van der Waals surface area contributed by atoms with E-state index in [9.17, 15) is 22.8 Å². The van der Waals surface area contributed by atoms with Crippen molar-refractivity contribution >= 4 is 52.0 Å². The number of aromatic nitrogens is 3. The number of carbonyl (C=O) groups is 2. The monoisotopic (exact) mass is 725 g/mol. The number of nitrogens with one attached hydrogen (secondary N) is 3. The molecule has 266 valence electrons. The molecular weight excluding hydrogens is 686 g/mol. The Bertz CT molecular complexity index is 1600. The Morgan fingerprint density at radius 3 is 1.98 bits per heavy atom. The highest BCUT2D eigenvalue weighted by molar-refractivity contribution is 6.42. The highest BCUT2D eigenvalue weighted by Gasteiger charge is 2.33. The van der Waals surface area contributed by atoms with Crippen LogP contribution in [0.15, 0.2) is 30.5 Å². The molecule has 3 aromatic rings. The van der Waals surface area contributed by atoms with E-state index in [4.69, 9.17) is 37.7 Å². The van der Waals surface area contributed by atoms with E-state index < -0.39 is 11.7 Å². The quantitative estimate of drug-likeness (QED) is 0.333. The number of imidazole rings is 1. The third kappa shape index (κ3) is 8.77. The highest BCUT2D eigenvalue weighted by atomic mass is 35.5. The number of anilines is 1. The Kier molecular flexibility index (Phi) is 11.5. The first-order chi connectivity index (χ1) is 23.6. The molecule has 0 radical (unpaired) electrons. The lowest BCUT2D eigenvalue weighted by Gasteiger charge is -2.32. The molecule has 4 fully saturated rings. The average Bonchev–Trinajstić information content (AvgIpc) is 3.88. The van der Waals surface area contributed by atoms with Crippen molar-refractivity contribution in [3.63, 3.8) is 0 Å². The fourth-order valence-electron chi connectivity index (χ4n) is 6.54. The van der Waals surface area contributed by atoms with Crippen LogP contribution in [0.4, 0.5) is 19.1 Å². The molecule has 3 N–H and O–H groups in total. The molecule has 4 saturated heterocycles. The summed E-state index contributed by atoms with van der Waals surface area (Å²) in [5.41, 5.74) is 0.271. The molecule has 0 spiro atoms. The lowest BCUT2D eigenvalue weighted by Crippen LogP contribution is -2.44. The number of piperidine rings is 2. The van der Waals surface area contributed by atoms with Gasteiger partial charge in [0.25, 0.3) is 0 Å². The highest BCUT2D eigenvalue weighted by Crippen LogP contribution is 2.35. The van der Waals surface area contributed by atoms with Gasteiger partial charge in [0.15, 0.2) is 0 Å². The number of carbonyl (C=O) groups excluding carboxylic acids is 2. The van der Waals surface area contributed by atoms with Crippen LogP contribution in [-0.2, 0) is 25.2 Å². The van der Waals surface area contributed by atoms with Gasteiger partial charge in [-0.05, 0) is 75.9 Å². The Labute approximate surface area is 292 Å². The minimum atomic E-state index is -4.49. The number of alkyl halides is 3. The van der Waals surface area contributed by atoms with Crippen LogP contribution >= 0.6 is 23.2 Å². The maximum atomic E-state index is 13.1. The van der Waals surface area contributed by atoms with Crippen LogP contribution in [-0.4, -0.2) is 91.0 Å². The van der Waals surface area contributed by atoms with Gasteiger partial charge in [-0.2, -0.15) is 13.2 Å². The number of ether oxygens (including phenoxy) is 2. The third-order valence-electron chi connectivity index (χ3n) is 9.39. The van der Waals surface area contributed by atoms with Gasteiger partial charge in [0.1, 0.15) is 5.82 Å². The minimum Gasteiger partial charge on any atom is -0.379 e. The van der Waals surface area contributed by atoms with E-state index in [1.807, 2.05) is 4.90 Å². The Balaban J connectivity index is 0.000000248. The molecule has 2 amide bonds. The number of hydrogen-bond donors (Lipinski definition) is 3. The van der Waals surface area contributed by atoms with Crippen LogP contribution in [0, 0.1) is 11.8 Å². The van der Waals surface area contributed by atoms with Gasteiger partial charge in [-0.25, -0.2) is 9.97 Å². The molecule has 2 atom stereocenters. The van der Waals surface area contributed by atoms with Crippen molar-refractivity contribution in [1.82, 2.24) is 30.5 Å². The number of halogens is 5. The summed E-state index contributed by atoms with van der Waals surface area (Å²) in [4.78, 5) is 35.2. The Hall–Kier alpha value is -3.17. The number of benzene rings is 1. The molecule has 0 saturated carbocycles. The first-order valence-corrected chi connectivity index (χ1v) is 17.5. The van der Waals surface area contributed by atoms with Gasteiger partial charge in [-0.15, -0.1) is 0 Å². The average molecular weight is 727 g/mol. The fourth-order valence-corrected chi connectivity index (χ4v) is 6.86. The Morgan fingerprint density at radius 1 is 0.857 bits per heavy atom. The number of hydrogen-bond acceptors (Lipinski definition) is 8. The van der Waals surface area contributed by atoms with Gasteiger partial charge in [0.2, 0.25) is 17.8 Å². The number of pyridine rings is 1. The SMILES string of the molecule is O=C(NC1CCOC1)C1CCNCC1.O=C(N[C@@H]1CCOC1)C1CCN(c2nc3cc(Cl)c(Cl)cc3n2-c2ccc(C(F)(F)F)cn2)CC1. The van der Waals surface area contributed by atoms with E-state index in [1.54, 1.807) is 16.7 Å². The van der Waals surface area contributed by atoms with Crippen LogP contribution in [0.25, 0.3) is 16.9 Å². The topological polar surface area (TPSA) is 123 Å². The zero-order chi connectivity index (χ0) is 34.5. The van der Waals surface area contributed by atoms with Crippen molar-refractivity contribution < 1.29 is 32.2 Å². The predicted octanol–water partition coefficient (Wildman–Crippen LogP) is 4.76. The first kappa shape index (κ1) is 35.6. The standard InChI is InChI=1S/C23H22Cl2F3N5O2.C10H18N2O2/c24-16-9-18-19(10-17(16)25)33(20-2-1-14(11-29-20)23(26,27)28)22(31-18)32-6-3-13(4-7-32)21(34)30-15-5-8-35-12-15;13-10(8-1-4-11-5-2-8)12-9-3-6-14-7-9/h1-2,9-11,13,15H,3-8,12H2,(H,30,34);8-9,11H,1-7H2,(H,12,13)/t15-;/m1./s1. The van der Waals surface area contributed by atoms with Crippen LogP contribution in [0.3, 0.4) is 0 Å². The molecule has 0 bridgehead atoms. The largest absolute Gasteiger partial charge is 0.417 e. The van der Waals surface area contributed by atoms with E-state index in [0.717, 1.165) is 57.6 Å². The smallest absolute Gasteiger partial charge is 0.379 e. The van der Waals surface area contributed by atoms with Crippen molar-refractivity contribution in [2.45, 2.75) is 56.8 Å². The summed E-state index contributed by atoms with van der Waals surface area (Å²) in [6, 6.07) is 5.85. The summed E-state index contributed by atoms with van der Waals surface area (Å²) in [6.45, 7) is 5.72. The molecule has 0 aliphatic carbocycles. The summed E-state index contributed by atoms with van der Waals surface area (Å²) < 4.78 is 51.4. The fraction of sp³-hybridized carbons (Fsp3) is 0.576. The maximum absolute atomic E-state index is 13.1. The first-order valence-electron chi connectivity index (χ1n) is 16.7. The van der Waals surface area contributed by atoms with Gasteiger partial charge in [0, 0.05) is 44.3 Å². The zero-order valence-corrected chi connectivity index (χ0v) is 28.4. The van der Waals surface area contributed by atoms with E-state index in [2.05, 4.69) is 20.9 Å². The van der Waals surface area contributed by atoms with E-state index in [0.29, 0.717) is 72.8 Å². The third-order valence-corrected chi connectivity index (χ3v) is 10.1. The van der Waals surface area contributed by atoms with Crippen molar-refractivity contribution in [3.8, 4) is 5.82 Å². The lowest BCUT2D eigenvalue weighted by atomic mass is 9.95. The molecule has 1 aromatic carbocycles. The molecule has 16 heteroatoms. The van der Waals surface area contributed by atoms with Crippen molar-refractivity contribution in [3.05, 3.63) is 46.1 Å².